The zero-order chi connectivity index (χ0) is 17.1. The van der Waals surface area contributed by atoms with Crippen molar-refractivity contribution in [1.82, 2.24) is 4.98 Å². The number of hydrogen-bond acceptors (Lipinski definition) is 4. The molecule has 0 radical (unpaired) electrons. The maximum Gasteiger partial charge on any atom is 0.315 e. The Morgan fingerprint density at radius 3 is 2.21 bits per heavy atom. The molecule has 24 heavy (non-hydrogen) atoms. The molecule has 1 heterocycles. The Hall–Kier alpha value is -2.50. The molecule has 0 saturated heterocycles. The summed E-state index contributed by atoms with van der Waals surface area (Å²) >= 11 is 11.7. The molecule has 0 aliphatic heterocycles. The van der Waals surface area contributed by atoms with Gasteiger partial charge in [0.1, 0.15) is 11.4 Å². The van der Waals surface area contributed by atoms with E-state index in [1.807, 2.05) is 0 Å². The first-order valence-corrected chi connectivity index (χ1v) is 7.68. The Bertz CT molecular complexity index is 857. The van der Waals surface area contributed by atoms with Crippen LogP contribution in [0.15, 0.2) is 52.9 Å². The highest BCUT2D eigenvalue weighted by Crippen LogP contribution is 2.32. The van der Waals surface area contributed by atoms with E-state index in [9.17, 15) is 4.79 Å². The molecule has 122 valence electrons. The van der Waals surface area contributed by atoms with Crippen LogP contribution >= 0.6 is 23.2 Å². The van der Waals surface area contributed by atoms with Gasteiger partial charge in [-0.2, -0.15) is 0 Å². The third kappa shape index (κ3) is 3.88. The summed E-state index contributed by atoms with van der Waals surface area (Å²) in [5.41, 5.74) is 0.861. The molecule has 2 aromatic carbocycles. The number of oxazole rings is 1. The number of carbonyl (C=O) groups is 1. The van der Waals surface area contributed by atoms with Crippen molar-refractivity contribution < 1.29 is 19.1 Å². The predicted molar refractivity (Wildman–Crippen MR) is 89.8 cm³/mol. The topological polar surface area (TPSA) is 72.6 Å². The van der Waals surface area contributed by atoms with Gasteiger partial charge in [0.15, 0.2) is 0 Å². The van der Waals surface area contributed by atoms with Crippen molar-refractivity contribution in [1.29, 1.82) is 0 Å². The SMILES string of the molecule is O=C(O)Cc1nc(-c2ccc(Cl)cc2)oc1Oc1ccc(Cl)cc1. The van der Waals surface area contributed by atoms with Gasteiger partial charge >= 0.3 is 11.9 Å². The maximum atomic E-state index is 11.0. The zero-order valence-electron chi connectivity index (χ0n) is 12.2. The van der Waals surface area contributed by atoms with E-state index >= 15 is 0 Å². The second-order valence-corrected chi connectivity index (χ2v) is 5.76. The summed E-state index contributed by atoms with van der Waals surface area (Å²) in [6, 6.07) is 13.5. The first-order chi connectivity index (χ1) is 11.5. The third-order valence-electron chi connectivity index (χ3n) is 3.10. The predicted octanol–water partition coefficient (Wildman–Crippen LogP) is 5.07. The average Bonchev–Trinajstić information content (AvgIpc) is 2.92. The molecule has 0 bridgehead atoms. The summed E-state index contributed by atoms with van der Waals surface area (Å²) in [6.07, 6.45) is -0.319. The van der Waals surface area contributed by atoms with Crippen molar-refractivity contribution in [2.75, 3.05) is 0 Å². The Balaban J connectivity index is 1.95. The Labute approximate surface area is 147 Å². The number of aromatic nitrogens is 1. The van der Waals surface area contributed by atoms with Crippen LogP contribution in [-0.2, 0) is 11.2 Å². The number of aliphatic carboxylic acids is 1. The number of halogens is 2. The Morgan fingerprint density at radius 2 is 1.62 bits per heavy atom. The first kappa shape index (κ1) is 16.4. The molecule has 0 amide bonds. The van der Waals surface area contributed by atoms with Gasteiger partial charge in [0.05, 0.1) is 6.42 Å². The summed E-state index contributed by atoms with van der Waals surface area (Å²) in [6.45, 7) is 0. The molecule has 0 spiro atoms. The molecule has 7 heteroatoms. The molecule has 0 fully saturated rings. The van der Waals surface area contributed by atoms with Crippen molar-refractivity contribution in [3.05, 3.63) is 64.3 Å². The zero-order valence-corrected chi connectivity index (χ0v) is 13.7. The van der Waals surface area contributed by atoms with Gasteiger partial charge in [-0.3, -0.25) is 4.79 Å². The molecule has 5 nitrogen and oxygen atoms in total. The molecule has 0 aliphatic rings. The van der Waals surface area contributed by atoms with Crippen molar-refractivity contribution in [2.45, 2.75) is 6.42 Å². The summed E-state index contributed by atoms with van der Waals surface area (Å²) in [5.74, 6) is -0.284. The fraction of sp³-hybridized carbons (Fsp3) is 0.0588. The molecule has 1 aromatic heterocycles. The lowest BCUT2D eigenvalue weighted by molar-refractivity contribution is -0.136. The van der Waals surface area contributed by atoms with E-state index in [4.69, 9.17) is 37.5 Å². The lowest BCUT2D eigenvalue weighted by Gasteiger charge is -2.03. The van der Waals surface area contributed by atoms with E-state index in [2.05, 4.69) is 4.98 Å². The highest BCUT2D eigenvalue weighted by molar-refractivity contribution is 6.30. The second-order valence-electron chi connectivity index (χ2n) is 4.89. The van der Waals surface area contributed by atoms with Gasteiger partial charge in [-0.1, -0.05) is 23.2 Å². The fourth-order valence-electron chi connectivity index (χ4n) is 2.00. The van der Waals surface area contributed by atoms with Crippen molar-refractivity contribution >= 4 is 29.2 Å². The van der Waals surface area contributed by atoms with Crippen LogP contribution in [-0.4, -0.2) is 16.1 Å². The monoisotopic (exact) mass is 363 g/mol. The molecule has 0 saturated carbocycles. The van der Waals surface area contributed by atoms with E-state index in [-0.39, 0.29) is 24.0 Å². The lowest BCUT2D eigenvalue weighted by Crippen LogP contribution is -2.01. The highest BCUT2D eigenvalue weighted by atomic mass is 35.5. The minimum absolute atomic E-state index is 0.0321. The van der Waals surface area contributed by atoms with Crippen LogP contribution in [0.1, 0.15) is 5.69 Å². The number of carboxylic acid groups (broad SMARTS) is 1. The Morgan fingerprint density at radius 1 is 1.04 bits per heavy atom. The van der Waals surface area contributed by atoms with Crippen LogP contribution < -0.4 is 4.74 Å². The molecule has 3 aromatic rings. The first-order valence-electron chi connectivity index (χ1n) is 6.92. The van der Waals surface area contributed by atoms with E-state index in [0.717, 1.165) is 0 Å². The standard InChI is InChI=1S/C17H11Cl2NO4/c18-11-3-1-10(2-4-11)16-20-14(9-15(21)22)17(24-16)23-13-7-5-12(19)6-8-13/h1-8H,9H2,(H,21,22). The molecular formula is C17H11Cl2NO4. The summed E-state index contributed by atoms with van der Waals surface area (Å²) < 4.78 is 11.2. The van der Waals surface area contributed by atoms with E-state index in [1.165, 1.54) is 0 Å². The van der Waals surface area contributed by atoms with Gasteiger partial charge in [0, 0.05) is 15.6 Å². The van der Waals surface area contributed by atoms with Gasteiger partial charge in [-0.05, 0) is 48.5 Å². The second kappa shape index (κ2) is 6.95. The van der Waals surface area contributed by atoms with Crippen molar-refractivity contribution in [3.8, 4) is 23.1 Å². The van der Waals surface area contributed by atoms with Crippen LogP contribution in [0.3, 0.4) is 0 Å². The highest BCUT2D eigenvalue weighted by Gasteiger charge is 2.19. The lowest BCUT2D eigenvalue weighted by atomic mass is 10.2. The van der Waals surface area contributed by atoms with Gasteiger partial charge < -0.3 is 14.3 Å². The van der Waals surface area contributed by atoms with Crippen LogP contribution in [0.2, 0.25) is 10.0 Å². The van der Waals surface area contributed by atoms with Crippen LogP contribution in [0.25, 0.3) is 11.5 Å². The average molecular weight is 364 g/mol. The summed E-state index contributed by atoms with van der Waals surface area (Å²) in [7, 11) is 0. The maximum absolute atomic E-state index is 11.0. The van der Waals surface area contributed by atoms with E-state index in [0.29, 0.717) is 21.4 Å². The number of rotatable bonds is 5. The minimum atomic E-state index is -1.04. The number of ether oxygens (including phenoxy) is 1. The van der Waals surface area contributed by atoms with Crippen LogP contribution in [0.5, 0.6) is 11.7 Å². The number of nitrogens with zero attached hydrogens (tertiary/aromatic N) is 1. The van der Waals surface area contributed by atoms with E-state index in [1.54, 1.807) is 48.5 Å². The largest absolute Gasteiger partial charge is 0.481 e. The van der Waals surface area contributed by atoms with Gasteiger partial charge in [-0.15, -0.1) is 0 Å². The van der Waals surface area contributed by atoms with Gasteiger partial charge in [-0.25, -0.2) is 4.98 Å². The Kier molecular flexibility index (Phi) is 4.74. The quantitative estimate of drug-likeness (QED) is 0.685. The number of carboxylic acids is 1. The normalized spacial score (nSPS) is 10.6. The molecule has 3 rings (SSSR count). The van der Waals surface area contributed by atoms with Crippen LogP contribution in [0.4, 0.5) is 0 Å². The summed E-state index contributed by atoms with van der Waals surface area (Å²) in [4.78, 5) is 15.3. The molecule has 1 N–H and O–H groups in total. The van der Waals surface area contributed by atoms with Crippen molar-refractivity contribution in [3.63, 3.8) is 0 Å². The molecule has 0 unspecified atom stereocenters. The molecule has 0 aliphatic carbocycles. The van der Waals surface area contributed by atoms with Crippen molar-refractivity contribution in [2.24, 2.45) is 0 Å². The van der Waals surface area contributed by atoms with Gasteiger partial charge in [0.25, 0.3) is 0 Å². The molecular weight excluding hydrogens is 353 g/mol. The smallest absolute Gasteiger partial charge is 0.315 e. The molecule has 0 atom stereocenters. The third-order valence-corrected chi connectivity index (χ3v) is 3.60. The minimum Gasteiger partial charge on any atom is -0.481 e. The van der Waals surface area contributed by atoms with E-state index < -0.39 is 5.97 Å². The van der Waals surface area contributed by atoms with Gasteiger partial charge in [0.2, 0.25) is 5.89 Å². The van der Waals surface area contributed by atoms with Crippen LogP contribution in [0, 0.1) is 0 Å². The summed E-state index contributed by atoms with van der Waals surface area (Å²) in [5, 5.41) is 10.2. The number of hydrogen-bond donors (Lipinski definition) is 1. The fourth-order valence-corrected chi connectivity index (χ4v) is 2.25. The number of benzene rings is 2.